The molecular weight excluding hydrogens is 350 g/mol. The van der Waals surface area contributed by atoms with Gasteiger partial charge in [-0.25, -0.2) is 0 Å². The number of nitrogens with zero attached hydrogens (tertiary/aromatic N) is 2. The number of amides is 1. The Morgan fingerprint density at radius 1 is 1.30 bits per heavy atom. The molecule has 1 aliphatic rings. The van der Waals surface area contributed by atoms with E-state index in [9.17, 15) is 14.9 Å². The number of nitrogens with one attached hydrogen (secondary N) is 1. The van der Waals surface area contributed by atoms with Crippen molar-refractivity contribution in [3.05, 3.63) is 17.7 Å². The number of ether oxygens (including phenoxy) is 3. The molecule has 0 aromatic heterocycles. The quantitative estimate of drug-likeness (QED) is 0.725. The second kappa shape index (κ2) is 9.78. The molecule has 1 amide bonds. The monoisotopic (exact) mass is 375 g/mol. The number of hydrogen-bond acceptors (Lipinski definition) is 7. The second-order valence-electron chi connectivity index (χ2n) is 6.24. The molecule has 1 aromatic carbocycles. The highest BCUT2D eigenvalue weighted by Gasteiger charge is 2.28. The summed E-state index contributed by atoms with van der Waals surface area (Å²) >= 11 is 0. The highest BCUT2D eigenvalue weighted by Crippen LogP contribution is 2.33. The van der Waals surface area contributed by atoms with Crippen molar-refractivity contribution >= 4 is 17.6 Å². The van der Waals surface area contributed by atoms with E-state index in [2.05, 4.69) is 5.32 Å². The summed E-state index contributed by atoms with van der Waals surface area (Å²) in [5, 5.41) is 12.1. The molecule has 1 saturated heterocycles. The zero-order valence-corrected chi connectivity index (χ0v) is 15.9. The van der Waals surface area contributed by atoms with E-state index in [0.717, 1.165) is 19.4 Å². The fraction of sp³-hybridized carbons (Fsp3) is 0.526. The van der Waals surface area contributed by atoms with Crippen LogP contribution in [0.2, 0.25) is 0 Å². The van der Waals surface area contributed by atoms with Crippen LogP contribution in [0.4, 0.5) is 5.69 Å². The molecule has 0 bridgehead atoms. The van der Waals surface area contributed by atoms with Crippen molar-refractivity contribution in [2.24, 2.45) is 5.92 Å². The minimum absolute atomic E-state index is 0.134. The standard InChI is InChI=1S/C19H25N3O5/c1-4-27-19(24)13-6-5-7-22(11-13)12-18(23)21-15-9-17(26-3)16(25-2)8-14(15)10-20/h8-9,13H,4-7,11-12H2,1-3H3,(H,21,23)/t13-/m1/s1. The van der Waals surface area contributed by atoms with Crippen molar-refractivity contribution in [1.29, 1.82) is 5.26 Å². The first-order chi connectivity index (χ1) is 13.0. The zero-order chi connectivity index (χ0) is 19.8. The van der Waals surface area contributed by atoms with Gasteiger partial charge in [0.25, 0.3) is 0 Å². The molecule has 2 rings (SSSR count). The number of nitriles is 1. The van der Waals surface area contributed by atoms with E-state index < -0.39 is 0 Å². The molecule has 1 fully saturated rings. The first-order valence-corrected chi connectivity index (χ1v) is 8.87. The first-order valence-electron chi connectivity index (χ1n) is 8.87. The van der Waals surface area contributed by atoms with E-state index in [-0.39, 0.29) is 29.9 Å². The molecule has 1 aromatic rings. The van der Waals surface area contributed by atoms with Crippen LogP contribution in [0.1, 0.15) is 25.3 Å². The van der Waals surface area contributed by atoms with E-state index in [1.807, 2.05) is 11.0 Å². The summed E-state index contributed by atoms with van der Waals surface area (Å²) in [5.41, 5.74) is 0.642. The molecule has 8 heteroatoms. The van der Waals surface area contributed by atoms with Crippen molar-refractivity contribution in [2.75, 3.05) is 45.8 Å². The van der Waals surface area contributed by atoms with Gasteiger partial charge in [0.15, 0.2) is 11.5 Å². The molecule has 8 nitrogen and oxygen atoms in total. The largest absolute Gasteiger partial charge is 0.493 e. The lowest BCUT2D eigenvalue weighted by Crippen LogP contribution is -2.43. The van der Waals surface area contributed by atoms with Crippen molar-refractivity contribution in [1.82, 2.24) is 4.90 Å². The molecule has 1 atom stereocenters. The summed E-state index contributed by atoms with van der Waals surface area (Å²) < 4.78 is 15.5. The molecule has 1 heterocycles. The topological polar surface area (TPSA) is 101 Å². The van der Waals surface area contributed by atoms with E-state index >= 15 is 0 Å². The van der Waals surface area contributed by atoms with E-state index in [1.54, 1.807) is 13.0 Å². The maximum atomic E-state index is 12.5. The minimum Gasteiger partial charge on any atom is -0.493 e. The third-order valence-corrected chi connectivity index (χ3v) is 4.41. The third-order valence-electron chi connectivity index (χ3n) is 4.41. The van der Waals surface area contributed by atoms with Crippen LogP contribution in [0.3, 0.4) is 0 Å². The number of benzene rings is 1. The number of likely N-dealkylation sites (tertiary alicyclic amines) is 1. The summed E-state index contributed by atoms with van der Waals surface area (Å²) in [6, 6.07) is 5.12. The average molecular weight is 375 g/mol. The Bertz CT molecular complexity index is 729. The Kier molecular flexibility index (Phi) is 7.44. The molecule has 0 spiro atoms. The number of rotatable bonds is 7. The maximum Gasteiger partial charge on any atom is 0.310 e. The van der Waals surface area contributed by atoms with Crippen LogP contribution < -0.4 is 14.8 Å². The summed E-state index contributed by atoms with van der Waals surface area (Å²) in [5.74, 6) is 0.159. The summed E-state index contributed by atoms with van der Waals surface area (Å²) in [7, 11) is 2.96. The molecule has 1 aliphatic heterocycles. The van der Waals surface area contributed by atoms with Gasteiger partial charge >= 0.3 is 5.97 Å². The molecule has 0 unspecified atom stereocenters. The van der Waals surface area contributed by atoms with Gasteiger partial charge in [0.1, 0.15) is 6.07 Å². The number of anilines is 1. The Hall–Kier alpha value is -2.79. The Balaban J connectivity index is 2.03. The molecule has 27 heavy (non-hydrogen) atoms. The number of carbonyl (C=O) groups is 2. The van der Waals surface area contributed by atoms with Gasteiger partial charge in [-0.15, -0.1) is 0 Å². The molecule has 0 saturated carbocycles. The lowest BCUT2D eigenvalue weighted by molar-refractivity contribution is -0.150. The highest BCUT2D eigenvalue weighted by atomic mass is 16.5. The van der Waals surface area contributed by atoms with E-state index in [4.69, 9.17) is 14.2 Å². The number of carbonyl (C=O) groups excluding carboxylic acids is 2. The normalized spacial score (nSPS) is 16.9. The first kappa shape index (κ1) is 20.5. The number of piperidine rings is 1. The van der Waals surface area contributed by atoms with Crippen LogP contribution in [-0.2, 0) is 14.3 Å². The van der Waals surface area contributed by atoms with Crippen molar-refractivity contribution in [2.45, 2.75) is 19.8 Å². The SMILES string of the molecule is CCOC(=O)[C@@H]1CCCN(CC(=O)Nc2cc(OC)c(OC)cc2C#N)C1. The van der Waals surface area contributed by atoms with E-state index in [1.165, 1.54) is 20.3 Å². The van der Waals surface area contributed by atoms with Crippen LogP contribution in [0.15, 0.2) is 12.1 Å². The molecular formula is C19H25N3O5. The maximum absolute atomic E-state index is 12.5. The summed E-state index contributed by atoms with van der Waals surface area (Å²) in [4.78, 5) is 26.3. The predicted octanol–water partition coefficient (Wildman–Crippen LogP) is 1.79. The fourth-order valence-electron chi connectivity index (χ4n) is 3.12. The third kappa shape index (κ3) is 5.34. The molecule has 0 radical (unpaired) electrons. The van der Waals surface area contributed by atoms with Crippen LogP contribution in [0.5, 0.6) is 11.5 Å². The van der Waals surface area contributed by atoms with Gasteiger partial charge in [-0.05, 0) is 26.3 Å². The predicted molar refractivity (Wildman–Crippen MR) is 98.7 cm³/mol. The van der Waals surface area contributed by atoms with Crippen LogP contribution in [-0.4, -0.2) is 57.2 Å². The Morgan fingerprint density at radius 2 is 2.00 bits per heavy atom. The van der Waals surface area contributed by atoms with Crippen molar-refractivity contribution in [3.8, 4) is 17.6 Å². The average Bonchev–Trinajstić information content (AvgIpc) is 2.67. The highest BCUT2D eigenvalue weighted by molar-refractivity contribution is 5.94. The zero-order valence-electron chi connectivity index (χ0n) is 15.9. The van der Waals surface area contributed by atoms with Gasteiger partial charge < -0.3 is 19.5 Å². The summed E-state index contributed by atoms with van der Waals surface area (Å²) in [6.07, 6.45) is 1.60. The van der Waals surface area contributed by atoms with Crippen LogP contribution in [0, 0.1) is 17.2 Å². The van der Waals surface area contributed by atoms with Gasteiger partial charge in [-0.2, -0.15) is 5.26 Å². The summed E-state index contributed by atoms with van der Waals surface area (Å²) in [6.45, 7) is 3.49. The Morgan fingerprint density at radius 3 is 2.63 bits per heavy atom. The van der Waals surface area contributed by atoms with Crippen molar-refractivity contribution < 1.29 is 23.8 Å². The van der Waals surface area contributed by atoms with Crippen LogP contribution >= 0.6 is 0 Å². The number of hydrogen-bond donors (Lipinski definition) is 1. The van der Waals surface area contributed by atoms with Gasteiger partial charge in [0.2, 0.25) is 5.91 Å². The van der Waals surface area contributed by atoms with Gasteiger partial charge in [0.05, 0.1) is 44.5 Å². The lowest BCUT2D eigenvalue weighted by Gasteiger charge is -2.30. The molecule has 0 aliphatic carbocycles. The van der Waals surface area contributed by atoms with Gasteiger partial charge in [-0.3, -0.25) is 14.5 Å². The number of esters is 1. The van der Waals surface area contributed by atoms with Crippen LogP contribution in [0.25, 0.3) is 0 Å². The molecule has 1 N–H and O–H groups in total. The Labute approximate surface area is 159 Å². The van der Waals surface area contributed by atoms with Crippen molar-refractivity contribution in [3.63, 3.8) is 0 Å². The lowest BCUT2D eigenvalue weighted by atomic mass is 9.98. The van der Waals surface area contributed by atoms with Gasteiger partial charge in [-0.1, -0.05) is 0 Å². The number of methoxy groups -OCH3 is 2. The minimum atomic E-state index is -0.261. The smallest absolute Gasteiger partial charge is 0.310 e. The fourth-order valence-corrected chi connectivity index (χ4v) is 3.12. The second-order valence-corrected chi connectivity index (χ2v) is 6.24. The van der Waals surface area contributed by atoms with E-state index in [0.29, 0.717) is 30.3 Å². The molecule has 146 valence electrons. The van der Waals surface area contributed by atoms with Gasteiger partial charge in [0, 0.05) is 18.7 Å².